The van der Waals surface area contributed by atoms with Gasteiger partial charge in [0, 0.05) is 18.6 Å². The van der Waals surface area contributed by atoms with Crippen molar-refractivity contribution in [3.63, 3.8) is 0 Å². The van der Waals surface area contributed by atoms with Crippen molar-refractivity contribution in [2.45, 2.75) is 43.5 Å². The molecule has 1 unspecified atom stereocenters. The Kier molecular flexibility index (Phi) is 7.60. The molecule has 35 heavy (non-hydrogen) atoms. The highest BCUT2D eigenvalue weighted by atomic mass is 35.5. The number of nitrogens with zero attached hydrogens (tertiary/aromatic N) is 1. The van der Waals surface area contributed by atoms with Crippen molar-refractivity contribution >= 4 is 50.5 Å². The van der Waals surface area contributed by atoms with Gasteiger partial charge in [-0.1, -0.05) is 65.7 Å². The van der Waals surface area contributed by atoms with Gasteiger partial charge in [0.25, 0.3) is 10.0 Å². The molecule has 0 spiro atoms. The predicted octanol–water partition coefficient (Wildman–Crippen LogP) is 7.00. The highest BCUT2D eigenvalue weighted by Crippen LogP contribution is 2.43. The Balaban J connectivity index is 1.64. The second kappa shape index (κ2) is 10.2. The fourth-order valence-electron chi connectivity index (χ4n) is 4.50. The molecule has 1 aliphatic rings. The van der Waals surface area contributed by atoms with Crippen molar-refractivity contribution in [1.82, 2.24) is 0 Å². The van der Waals surface area contributed by atoms with Gasteiger partial charge < -0.3 is 9.84 Å². The second-order valence-electron chi connectivity index (χ2n) is 8.88. The van der Waals surface area contributed by atoms with Crippen LogP contribution in [0.2, 0.25) is 8.67 Å². The first-order valence-electron chi connectivity index (χ1n) is 10.9. The molecule has 4 rings (SSSR count). The lowest BCUT2D eigenvalue weighted by Crippen LogP contribution is -2.43. The van der Waals surface area contributed by atoms with Crippen molar-refractivity contribution in [1.29, 1.82) is 0 Å². The van der Waals surface area contributed by atoms with Crippen LogP contribution in [0.3, 0.4) is 0 Å². The quantitative estimate of drug-likeness (QED) is 0.340. The van der Waals surface area contributed by atoms with E-state index in [-0.39, 0.29) is 25.3 Å². The van der Waals surface area contributed by atoms with Gasteiger partial charge in [0.05, 0.1) is 4.34 Å². The van der Waals surface area contributed by atoms with Crippen molar-refractivity contribution in [2.24, 2.45) is 4.40 Å². The monoisotopic (exact) mass is 555 g/mol. The van der Waals surface area contributed by atoms with Crippen LogP contribution in [-0.2, 0) is 14.8 Å². The summed E-state index contributed by atoms with van der Waals surface area (Å²) in [6, 6.07) is 15.0. The number of thiophene rings is 1. The Labute approximate surface area is 218 Å². The van der Waals surface area contributed by atoms with E-state index in [0.29, 0.717) is 19.8 Å². The maximum absolute atomic E-state index is 14.4. The summed E-state index contributed by atoms with van der Waals surface area (Å²) in [5.74, 6) is -0.900. The molecule has 1 aliphatic heterocycles. The molecule has 0 aliphatic carbocycles. The molecule has 2 heterocycles. The average Bonchev–Trinajstić information content (AvgIpc) is 3.10. The van der Waals surface area contributed by atoms with Gasteiger partial charge in [0.15, 0.2) is 0 Å². The third-order valence-electron chi connectivity index (χ3n) is 5.96. The van der Waals surface area contributed by atoms with Crippen molar-refractivity contribution in [3.8, 4) is 11.1 Å². The van der Waals surface area contributed by atoms with Crippen LogP contribution < -0.4 is 0 Å². The maximum atomic E-state index is 14.4. The molecule has 0 radical (unpaired) electrons. The molecule has 5 nitrogen and oxygen atoms in total. The molecule has 186 valence electrons. The number of hydrogen-bond donors (Lipinski definition) is 1. The van der Waals surface area contributed by atoms with E-state index in [1.165, 1.54) is 17.4 Å². The molecule has 0 fully saturated rings. The first-order chi connectivity index (χ1) is 16.5. The number of aliphatic hydroxyl groups excluding tert-OH is 1. The predicted molar refractivity (Wildman–Crippen MR) is 139 cm³/mol. The van der Waals surface area contributed by atoms with E-state index >= 15 is 0 Å². The number of halogens is 3. The topological polar surface area (TPSA) is 76.0 Å². The summed E-state index contributed by atoms with van der Waals surface area (Å²) >= 11 is 13.6. The summed E-state index contributed by atoms with van der Waals surface area (Å²) in [4.78, 5) is 0. The Morgan fingerprint density at radius 1 is 1.17 bits per heavy atom. The summed E-state index contributed by atoms with van der Waals surface area (Å²) in [5, 5.41) is 8.46. The highest BCUT2D eigenvalue weighted by Gasteiger charge is 2.47. The minimum atomic E-state index is -4.01. The summed E-state index contributed by atoms with van der Waals surface area (Å²) < 4.78 is 52.2. The van der Waals surface area contributed by atoms with Gasteiger partial charge in [0.2, 0.25) is 5.90 Å². The average molecular weight is 557 g/mol. The van der Waals surface area contributed by atoms with Crippen molar-refractivity contribution in [2.75, 3.05) is 6.61 Å². The molecular formula is C25H24Cl2FNO4S2. The van der Waals surface area contributed by atoms with Crippen LogP contribution in [0.1, 0.15) is 49.0 Å². The molecule has 2 aromatic carbocycles. The molecule has 10 heteroatoms. The fourth-order valence-corrected chi connectivity index (χ4v) is 7.77. The third-order valence-corrected chi connectivity index (χ3v) is 9.35. The normalized spacial score (nSPS) is 19.6. The van der Waals surface area contributed by atoms with Crippen LogP contribution in [-0.4, -0.2) is 31.6 Å². The van der Waals surface area contributed by atoms with Crippen LogP contribution in [0, 0.1) is 5.82 Å². The number of aliphatic hydroxyl groups is 1. The smallest absolute Gasteiger partial charge is 0.267 e. The van der Waals surface area contributed by atoms with Crippen molar-refractivity contribution < 1.29 is 22.7 Å². The van der Waals surface area contributed by atoms with Crippen LogP contribution in [0.15, 0.2) is 59.0 Å². The molecular weight excluding hydrogens is 532 g/mol. The Bertz CT molecular complexity index is 1350. The zero-order valence-corrected chi connectivity index (χ0v) is 22.2. The molecule has 0 saturated heterocycles. The van der Waals surface area contributed by atoms with Crippen LogP contribution >= 0.6 is 34.5 Å². The largest absolute Gasteiger partial charge is 0.472 e. The third kappa shape index (κ3) is 5.57. The van der Waals surface area contributed by atoms with Gasteiger partial charge in [-0.2, -0.15) is 0 Å². The minimum absolute atomic E-state index is 0.00395. The highest BCUT2D eigenvalue weighted by molar-refractivity contribution is 7.90. The summed E-state index contributed by atoms with van der Waals surface area (Å²) in [6.45, 7) is 3.20. The molecule has 3 aromatic rings. The Morgan fingerprint density at radius 2 is 1.86 bits per heavy atom. The maximum Gasteiger partial charge on any atom is 0.267 e. The first kappa shape index (κ1) is 26.1. The van der Waals surface area contributed by atoms with E-state index in [1.54, 1.807) is 62.4 Å². The zero-order valence-electron chi connectivity index (χ0n) is 19.0. The summed E-state index contributed by atoms with van der Waals surface area (Å²) in [5.41, 5.74) is 1.36. The minimum Gasteiger partial charge on any atom is -0.472 e. The van der Waals surface area contributed by atoms with E-state index in [9.17, 15) is 17.9 Å². The number of sulfonamides is 1. The van der Waals surface area contributed by atoms with Gasteiger partial charge in [-0.3, -0.25) is 0 Å². The van der Waals surface area contributed by atoms with E-state index in [1.807, 2.05) is 0 Å². The number of ether oxygens (including phenoxy) is 1. The number of benzene rings is 2. The first-order valence-corrected chi connectivity index (χ1v) is 14.0. The van der Waals surface area contributed by atoms with Gasteiger partial charge in [-0.15, -0.1) is 15.7 Å². The fraction of sp³-hybridized carbons (Fsp3) is 0.320. The number of hydrogen-bond acceptors (Lipinski definition) is 5. The lowest BCUT2D eigenvalue weighted by molar-refractivity contribution is 0.0797. The molecule has 2 atom stereocenters. The van der Waals surface area contributed by atoms with E-state index in [2.05, 4.69) is 4.40 Å². The van der Waals surface area contributed by atoms with E-state index in [4.69, 9.17) is 27.9 Å². The SMILES string of the molecule is CC1(C)OC(C[C@@H](CCO)c2ccccc2F)=NS(=O)(=O)C1c1ccc(-c2cc(Cl)sc2Cl)cc1. The second-order valence-corrected chi connectivity index (χ2v) is 12.8. The van der Waals surface area contributed by atoms with Crippen LogP contribution in [0.5, 0.6) is 0 Å². The van der Waals surface area contributed by atoms with E-state index < -0.39 is 32.6 Å². The lowest BCUT2D eigenvalue weighted by Gasteiger charge is -2.38. The van der Waals surface area contributed by atoms with Gasteiger partial charge in [0.1, 0.15) is 21.0 Å². The van der Waals surface area contributed by atoms with Gasteiger partial charge in [-0.25, -0.2) is 12.8 Å². The van der Waals surface area contributed by atoms with Crippen LogP contribution in [0.25, 0.3) is 11.1 Å². The molecule has 0 bridgehead atoms. The summed E-state index contributed by atoms with van der Waals surface area (Å²) in [7, 11) is -4.01. The van der Waals surface area contributed by atoms with E-state index in [0.717, 1.165) is 11.1 Å². The van der Waals surface area contributed by atoms with Gasteiger partial charge >= 0.3 is 0 Å². The molecule has 1 N–H and O–H groups in total. The zero-order chi connectivity index (χ0) is 25.4. The molecule has 1 aromatic heterocycles. The number of rotatable bonds is 7. The van der Waals surface area contributed by atoms with Gasteiger partial charge in [-0.05, 0) is 55.0 Å². The Morgan fingerprint density at radius 3 is 2.43 bits per heavy atom. The molecule has 0 amide bonds. The standard InChI is InChI=1S/C25H24Cl2FNO4S2/c1-25(2)23(16-9-7-15(8-10-16)19-14-21(26)34-24(19)27)35(31,32)29-22(33-25)13-17(11-12-30)18-5-3-4-6-20(18)28/h3-10,14,17,23,30H,11-13H2,1-2H3/t17-,23?/m1/s1. The molecule has 0 saturated carbocycles. The lowest BCUT2D eigenvalue weighted by atomic mass is 9.91. The van der Waals surface area contributed by atoms with Crippen molar-refractivity contribution in [3.05, 3.63) is 80.2 Å². The van der Waals surface area contributed by atoms with Crippen LogP contribution in [0.4, 0.5) is 4.39 Å². The summed E-state index contributed by atoms with van der Waals surface area (Å²) in [6.07, 6.45) is 0.289. The Hall–Kier alpha value is -1.97.